The van der Waals surface area contributed by atoms with E-state index in [1.54, 1.807) is 12.1 Å². The topological polar surface area (TPSA) is 102 Å². The van der Waals surface area contributed by atoms with Crippen LogP contribution < -0.4 is 10.6 Å². The molecule has 2 aromatic rings. The molecule has 1 amide bonds. The maximum atomic E-state index is 12.6. The van der Waals surface area contributed by atoms with Gasteiger partial charge in [-0.2, -0.15) is 9.57 Å². The maximum Gasteiger partial charge on any atom is 0.243 e. The van der Waals surface area contributed by atoms with Gasteiger partial charge in [0.05, 0.1) is 17.0 Å². The van der Waals surface area contributed by atoms with Crippen molar-refractivity contribution in [2.45, 2.75) is 54.5 Å². The van der Waals surface area contributed by atoms with Gasteiger partial charge in [0.1, 0.15) is 5.54 Å². The van der Waals surface area contributed by atoms with Gasteiger partial charge in [0, 0.05) is 19.0 Å². The van der Waals surface area contributed by atoms with E-state index in [1.807, 2.05) is 36.4 Å². The zero-order chi connectivity index (χ0) is 23.1. The number of hydrogen-bond donors (Lipinski definition) is 2. The number of carbonyl (C=O) groups excluding carboxylic acids is 1. The lowest BCUT2D eigenvalue weighted by molar-refractivity contribution is -0.124. The van der Waals surface area contributed by atoms with Crippen LogP contribution in [0.2, 0.25) is 0 Å². The smallest absolute Gasteiger partial charge is 0.243 e. The fourth-order valence-corrected chi connectivity index (χ4v) is 6.26. The molecule has 8 heteroatoms. The number of sulfonamides is 1. The lowest BCUT2D eigenvalue weighted by Crippen LogP contribution is -2.50. The molecule has 0 aromatic heterocycles. The molecule has 1 unspecified atom stereocenters. The van der Waals surface area contributed by atoms with E-state index >= 15 is 0 Å². The van der Waals surface area contributed by atoms with Crippen molar-refractivity contribution in [2.24, 2.45) is 0 Å². The van der Waals surface area contributed by atoms with Gasteiger partial charge in [-0.05, 0) is 61.1 Å². The standard InChI is InChI=1S/C25H28N4O3S/c26-17-25(28-24(30)23-4-1-2-13-27-23)16-22(25)20-7-5-18(6-8-20)19-9-11-21(12-10-19)33(31,32)29-14-3-15-29/h5-12,22-23,27H,1-4,13-16H2,(H,28,30)/t22-,23?,25+/m1/s1. The highest BCUT2D eigenvalue weighted by Gasteiger charge is 2.57. The van der Waals surface area contributed by atoms with Crippen molar-refractivity contribution < 1.29 is 13.2 Å². The highest BCUT2D eigenvalue weighted by molar-refractivity contribution is 7.89. The predicted molar refractivity (Wildman–Crippen MR) is 125 cm³/mol. The lowest BCUT2D eigenvalue weighted by Gasteiger charge is -2.29. The molecule has 33 heavy (non-hydrogen) atoms. The van der Waals surface area contributed by atoms with E-state index in [9.17, 15) is 18.5 Å². The first kappa shape index (κ1) is 22.1. The van der Waals surface area contributed by atoms with Crippen LogP contribution in [-0.4, -0.2) is 49.8 Å². The molecule has 2 aliphatic heterocycles. The fourth-order valence-electron chi connectivity index (χ4n) is 4.74. The highest BCUT2D eigenvalue weighted by atomic mass is 32.2. The predicted octanol–water partition coefficient (Wildman–Crippen LogP) is 2.76. The van der Waals surface area contributed by atoms with E-state index < -0.39 is 15.6 Å². The largest absolute Gasteiger partial charge is 0.336 e. The summed E-state index contributed by atoms with van der Waals surface area (Å²) in [7, 11) is -3.38. The van der Waals surface area contributed by atoms with Crippen molar-refractivity contribution in [1.29, 1.82) is 5.26 Å². The second kappa shape index (κ2) is 8.56. The van der Waals surface area contributed by atoms with Crippen molar-refractivity contribution in [3.63, 3.8) is 0 Å². The average Bonchev–Trinajstić information content (AvgIpc) is 3.53. The number of amides is 1. The van der Waals surface area contributed by atoms with Gasteiger partial charge in [0.15, 0.2) is 0 Å². The number of piperidine rings is 1. The molecule has 2 aromatic carbocycles. The molecule has 0 radical (unpaired) electrons. The summed E-state index contributed by atoms with van der Waals surface area (Å²) < 4.78 is 26.5. The van der Waals surface area contributed by atoms with E-state index in [-0.39, 0.29) is 17.9 Å². The van der Waals surface area contributed by atoms with Gasteiger partial charge in [-0.3, -0.25) is 4.79 Å². The molecule has 3 atom stereocenters. The van der Waals surface area contributed by atoms with Gasteiger partial charge < -0.3 is 10.6 Å². The van der Waals surface area contributed by atoms with Crippen LogP contribution in [0.5, 0.6) is 0 Å². The number of nitrogens with one attached hydrogen (secondary N) is 2. The van der Waals surface area contributed by atoms with E-state index in [0.717, 1.165) is 48.9 Å². The molecule has 172 valence electrons. The molecule has 0 bridgehead atoms. The van der Waals surface area contributed by atoms with Crippen LogP contribution in [0.4, 0.5) is 0 Å². The van der Waals surface area contributed by atoms with Crippen LogP contribution in [0, 0.1) is 11.3 Å². The minimum atomic E-state index is -3.38. The van der Waals surface area contributed by atoms with Crippen LogP contribution in [0.25, 0.3) is 11.1 Å². The second-order valence-corrected chi connectivity index (χ2v) is 11.2. The van der Waals surface area contributed by atoms with Crippen LogP contribution in [0.15, 0.2) is 53.4 Å². The van der Waals surface area contributed by atoms with E-state index in [2.05, 4.69) is 16.7 Å². The summed E-state index contributed by atoms with van der Waals surface area (Å²) in [6.45, 7) is 2.02. The Morgan fingerprint density at radius 2 is 1.70 bits per heavy atom. The molecule has 7 nitrogen and oxygen atoms in total. The SMILES string of the molecule is N#C[C@@]1(NC(=O)C2CCCCN2)C[C@@H]1c1ccc(-c2ccc(S(=O)(=O)N3CCC3)cc2)cc1. The first-order chi connectivity index (χ1) is 15.9. The van der Waals surface area contributed by atoms with Gasteiger partial charge in [0.2, 0.25) is 15.9 Å². The fraction of sp³-hybridized carbons (Fsp3) is 0.440. The number of hydrogen-bond acceptors (Lipinski definition) is 5. The number of nitriles is 1. The van der Waals surface area contributed by atoms with Crippen molar-refractivity contribution in [3.05, 3.63) is 54.1 Å². The summed E-state index contributed by atoms with van der Waals surface area (Å²) in [6, 6.07) is 17.1. The minimum Gasteiger partial charge on any atom is -0.336 e. The third-order valence-electron chi connectivity index (χ3n) is 7.09. The highest BCUT2D eigenvalue weighted by Crippen LogP contribution is 2.51. The van der Waals surface area contributed by atoms with Crippen LogP contribution in [-0.2, 0) is 14.8 Å². The first-order valence-electron chi connectivity index (χ1n) is 11.6. The van der Waals surface area contributed by atoms with E-state index in [0.29, 0.717) is 24.4 Å². The van der Waals surface area contributed by atoms with Crippen molar-refractivity contribution in [3.8, 4) is 17.2 Å². The van der Waals surface area contributed by atoms with Gasteiger partial charge >= 0.3 is 0 Å². The minimum absolute atomic E-state index is 0.0202. The zero-order valence-electron chi connectivity index (χ0n) is 18.5. The van der Waals surface area contributed by atoms with Crippen molar-refractivity contribution >= 4 is 15.9 Å². The summed E-state index contributed by atoms with van der Waals surface area (Å²) in [5.41, 5.74) is 2.10. The second-order valence-electron chi connectivity index (χ2n) is 9.24. The Morgan fingerprint density at radius 1 is 1.03 bits per heavy atom. The summed E-state index contributed by atoms with van der Waals surface area (Å²) in [4.78, 5) is 12.9. The Hall–Kier alpha value is -2.73. The Morgan fingerprint density at radius 3 is 2.24 bits per heavy atom. The normalized spacial score (nSPS) is 27.2. The summed E-state index contributed by atoms with van der Waals surface area (Å²) in [5, 5.41) is 16.0. The Kier molecular flexibility index (Phi) is 5.73. The lowest BCUT2D eigenvalue weighted by atomic mass is 10.00. The molecule has 1 saturated carbocycles. The average molecular weight is 465 g/mol. The quantitative estimate of drug-likeness (QED) is 0.684. The zero-order valence-corrected chi connectivity index (χ0v) is 19.3. The van der Waals surface area contributed by atoms with E-state index in [1.165, 1.54) is 4.31 Å². The van der Waals surface area contributed by atoms with Crippen molar-refractivity contribution in [1.82, 2.24) is 14.9 Å². The number of carbonyl (C=O) groups is 1. The molecule has 1 aliphatic carbocycles. The molecule has 2 saturated heterocycles. The van der Waals surface area contributed by atoms with Gasteiger partial charge in [-0.1, -0.05) is 42.8 Å². The molecule has 5 rings (SSSR count). The molecular weight excluding hydrogens is 436 g/mol. The molecule has 2 heterocycles. The van der Waals surface area contributed by atoms with Crippen LogP contribution in [0.1, 0.15) is 43.6 Å². The number of rotatable bonds is 6. The third-order valence-corrected chi connectivity index (χ3v) is 9.00. The summed E-state index contributed by atoms with van der Waals surface area (Å²) in [5.74, 6) is -0.100. The van der Waals surface area contributed by atoms with Gasteiger partial charge in [-0.25, -0.2) is 8.42 Å². The molecule has 3 fully saturated rings. The van der Waals surface area contributed by atoms with Gasteiger partial charge in [-0.15, -0.1) is 0 Å². The third kappa shape index (κ3) is 4.17. The molecule has 2 N–H and O–H groups in total. The Labute approximate surface area is 194 Å². The summed E-state index contributed by atoms with van der Waals surface area (Å²) >= 11 is 0. The van der Waals surface area contributed by atoms with Crippen molar-refractivity contribution in [2.75, 3.05) is 19.6 Å². The molecule has 3 aliphatic rings. The number of benzene rings is 2. The summed E-state index contributed by atoms with van der Waals surface area (Å²) in [6.07, 6.45) is 4.45. The van der Waals surface area contributed by atoms with Crippen LogP contribution in [0.3, 0.4) is 0 Å². The monoisotopic (exact) mass is 464 g/mol. The Balaban J connectivity index is 1.26. The maximum absolute atomic E-state index is 12.6. The van der Waals surface area contributed by atoms with Crippen LogP contribution >= 0.6 is 0 Å². The molecule has 0 spiro atoms. The van der Waals surface area contributed by atoms with E-state index in [4.69, 9.17) is 0 Å². The first-order valence-corrected chi connectivity index (χ1v) is 13.0. The van der Waals surface area contributed by atoms with Gasteiger partial charge in [0.25, 0.3) is 0 Å². The molecular formula is C25H28N4O3S. The Bertz CT molecular complexity index is 1180. The number of nitrogens with zero attached hydrogens (tertiary/aromatic N) is 2.